The Morgan fingerprint density at radius 3 is 2.53 bits per heavy atom. The van der Waals surface area contributed by atoms with E-state index in [2.05, 4.69) is 15.3 Å². The zero-order chi connectivity index (χ0) is 25.9. The number of sulfonamides is 1. The fraction of sp³-hybridized carbons (Fsp3) is 0.292. The summed E-state index contributed by atoms with van der Waals surface area (Å²) in [6.45, 7) is -0.572. The molecule has 1 aliphatic heterocycles. The van der Waals surface area contributed by atoms with Crippen LogP contribution in [0.25, 0.3) is 11.3 Å². The smallest absolute Gasteiger partial charge is 0.349 e. The number of aromatic nitrogens is 2. The molecule has 190 valence electrons. The maximum Gasteiger partial charge on any atom is 0.416 e. The highest BCUT2D eigenvalue weighted by atomic mass is 32.2. The lowest BCUT2D eigenvalue weighted by Gasteiger charge is -2.23. The summed E-state index contributed by atoms with van der Waals surface area (Å²) in [6.07, 6.45) is -2.75. The summed E-state index contributed by atoms with van der Waals surface area (Å²) in [4.78, 5) is 20.7. The van der Waals surface area contributed by atoms with Crippen molar-refractivity contribution >= 4 is 15.9 Å². The highest BCUT2D eigenvalue weighted by molar-refractivity contribution is 7.89. The third-order valence-electron chi connectivity index (χ3n) is 5.85. The molecule has 4 rings (SSSR count). The molecule has 36 heavy (non-hydrogen) atoms. The first-order chi connectivity index (χ1) is 17.1. The van der Waals surface area contributed by atoms with Gasteiger partial charge in [-0.3, -0.25) is 4.79 Å². The number of hydrogen-bond acceptors (Lipinski definition) is 5. The van der Waals surface area contributed by atoms with Gasteiger partial charge in [-0.25, -0.2) is 22.8 Å². The normalized spacial score (nSPS) is 16.7. The molecule has 0 spiro atoms. The second kappa shape index (κ2) is 10.3. The van der Waals surface area contributed by atoms with Gasteiger partial charge in [-0.15, -0.1) is 0 Å². The van der Waals surface area contributed by atoms with E-state index >= 15 is 0 Å². The van der Waals surface area contributed by atoms with Crippen LogP contribution in [0, 0.1) is 0 Å². The summed E-state index contributed by atoms with van der Waals surface area (Å²) in [5, 5.41) is 2.66. The van der Waals surface area contributed by atoms with Crippen LogP contribution in [0.3, 0.4) is 0 Å². The first kappa shape index (κ1) is 25.7. The minimum atomic E-state index is -4.70. The van der Waals surface area contributed by atoms with Crippen LogP contribution in [0.4, 0.5) is 17.6 Å². The number of benzene rings is 2. The highest BCUT2D eigenvalue weighted by Gasteiger charge is 2.40. The molecule has 3 aromatic rings. The number of alkyl halides is 4. The lowest BCUT2D eigenvalue weighted by Crippen LogP contribution is -2.45. The molecular weight excluding hydrogens is 500 g/mol. The molecule has 2 aromatic carbocycles. The zero-order valence-corrected chi connectivity index (χ0v) is 19.7. The van der Waals surface area contributed by atoms with Crippen molar-refractivity contribution in [2.24, 2.45) is 0 Å². The molecule has 2 heterocycles. The molecule has 1 aromatic heterocycles. The average molecular weight is 523 g/mol. The summed E-state index contributed by atoms with van der Waals surface area (Å²) in [6, 6.07) is 10.8. The maximum absolute atomic E-state index is 13.1. The zero-order valence-electron chi connectivity index (χ0n) is 18.9. The fourth-order valence-corrected chi connectivity index (χ4v) is 5.67. The van der Waals surface area contributed by atoms with Gasteiger partial charge in [0.25, 0.3) is 0 Å². The van der Waals surface area contributed by atoms with E-state index in [9.17, 15) is 30.8 Å². The Morgan fingerprint density at radius 1 is 1.08 bits per heavy atom. The number of carbonyl (C=O) groups excluding carboxylic acids is 1. The Bertz CT molecular complexity index is 1350. The largest absolute Gasteiger partial charge is 0.416 e. The van der Waals surface area contributed by atoms with Crippen molar-refractivity contribution in [1.82, 2.24) is 19.6 Å². The molecule has 0 saturated carbocycles. The molecule has 1 atom stereocenters. The highest BCUT2D eigenvalue weighted by Crippen LogP contribution is 2.33. The van der Waals surface area contributed by atoms with Crippen LogP contribution in [0.2, 0.25) is 0 Å². The van der Waals surface area contributed by atoms with E-state index in [1.54, 1.807) is 30.3 Å². The molecule has 1 aliphatic rings. The summed E-state index contributed by atoms with van der Waals surface area (Å²) < 4.78 is 79.1. The molecule has 1 amide bonds. The molecular formula is C24H22F4N4O3S. The van der Waals surface area contributed by atoms with Crippen molar-refractivity contribution in [3.05, 3.63) is 77.7 Å². The number of halogens is 4. The van der Waals surface area contributed by atoms with Gasteiger partial charge < -0.3 is 5.32 Å². The number of carbonyl (C=O) groups is 1. The van der Waals surface area contributed by atoms with E-state index in [0.29, 0.717) is 29.4 Å². The monoisotopic (exact) mass is 522 g/mol. The molecule has 1 saturated heterocycles. The first-order valence-corrected chi connectivity index (χ1v) is 12.5. The van der Waals surface area contributed by atoms with E-state index in [1.165, 1.54) is 6.33 Å². The maximum atomic E-state index is 13.1. The predicted octanol–water partition coefficient (Wildman–Crippen LogP) is 4.10. The number of nitrogens with one attached hydrogen (secondary N) is 1. The second-order valence-electron chi connectivity index (χ2n) is 8.24. The van der Waals surface area contributed by atoms with Gasteiger partial charge in [0.05, 0.1) is 28.4 Å². The Kier molecular flexibility index (Phi) is 7.36. The Labute approximate surface area is 205 Å². The number of rotatable bonds is 7. The van der Waals surface area contributed by atoms with Crippen molar-refractivity contribution in [2.75, 3.05) is 6.54 Å². The third kappa shape index (κ3) is 5.54. The molecule has 0 bridgehead atoms. The van der Waals surface area contributed by atoms with E-state index in [-0.39, 0.29) is 19.5 Å². The third-order valence-corrected chi connectivity index (χ3v) is 7.75. The molecule has 7 nitrogen and oxygen atoms in total. The predicted molar refractivity (Wildman–Crippen MR) is 122 cm³/mol. The lowest BCUT2D eigenvalue weighted by atomic mass is 10.1. The van der Waals surface area contributed by atoms with Gasteiger partial charge in [-0.05, 0) is 42.7 Å². The number of amides is 1. The van der Waals surface area contributed by atoms with Gasteiger partial charge in [-0.1, -0.05) is 30.3 Å². The van der Waals surface area contributed by atoms with Gasteiger partial charge >= 0.3 is 6.18 Å². The van der Waals surface area contributed by atoms with E-state index in [1.807, 2.05) is 0 Å². The fourth-order valence-electron chi connectivity index (χ4n) is 3.97. The molecule has 0 radical (unpaired) electrons. The van der Waals surface area contributed by atoms with Crippen molar-refractivity contribution in [3.63, 3.8) is 0 Å². The van der Waals surface area contributed by atoms with E-state index in [0.717, 1.165) is 28.1 Å². The molecule has 0 unspecified atom stereocenters. The Balaban J connectivity index is 1.46. The van der Waals surface area contributed by atoms with E-state index in [4.69, 9.17) is 0 Å². The summed E-state index contributed by atoms with van der Waals surface area (Å²) in [7, 11) is -4.33. The summed E-state index contributed by atoms with van der Waals surface area (Å²) in [5.74, 6) is -0.574. The summed E-state index contributed by atoms with van der Waals surface area (Å²) in [5.41, 5.74) is 1.21. The standard InChI is InChI=1S/C24H22F4N4O3S/c25-13-16-6-8-17(9-7-16)21-12-19(30-15-31-21)14-29-23(33)22-5-2-10-32(22)36(34,35)20-4-1-3-18(11-20)24(26,27)28/h1,3-4,6-9,11-12,15,22H,2,5,10,13-14H2,(H,29,33)/t22-/m0/s1. The van der Waals surface area contributed by atoms with Crippen LogP contribution >= 0.6 is 0 Å². The number of hydrogen-bond donors (Lipinski definition) is 1. The summed E-state index contributed by atoms with van der Waals surface area (Å²) >= 11 is 0. The quantitative estimate of drug-likeness (QED) is 0.472. The van der Waals surface area contributed by atoms with Crippen molar-refractivity contribution in [3.8, 4) is 11.3 Å². The van der Waals surface area contributed by atoms with Crippen molar-refractivity contribution < 1.29 is 30.8 Å². The first-order valence-electron chi connectivity index (χ1n) is 11.0. The van der Waals surface area contributed by atoms with Gasteiger partial charge in [-0.2, -0.15) is 17.5 Å². The van der Waals surface area contributed by atoms with Crippen molar-refractivity contribution in [2.45, 2.75) is 43.2 Å². The Morgan fingerprint density at radius 2 is 1.83 bits per heavy atom. The van der Waals surface area contributed by atoms with Crippen LogP contribution in [-0.4, -0.2) is 41.2 Å². The van der Waals surface area contributed by atoms with Gasteiger partial charge in [0.1, 0.15) is 19.0 Å². The minimum absolute atomic E-state index is 0.00906. The van der Waals surface area contributed by atoms with Crippen LogP contribution in [-0.2, 0) is 34.2 Å². The minimum Gasteiger partial charge on any atom is -0.349 e. The lowest BCUT2D eigenvalue weighted by molar-refractivity contribution is -0.137. The van der Waals surface area contributed by atoms with E-state index < -0.39 is 45.3 Å². The topological polar surface area (TPSA) is 92.3 Å². The molecule has 0 aliphatic carbocycles. The van der Waals surface area contributed by atoms with Crippen LogP contribution in [0.5, 0.6) is 0 Å². The molecule has 1 fully saturated rings. The average Bonchev–Trinajstić information content (AvgIpc) is 3.38. The van der Waals surface area contributed by atoms with Crippen LogP contribution < -0.4 is 5.32 Å². The van der Waals surface area contributed by atoms with Gasteiger partial charge in [0.15, 0.2) is 0 Å². The van der Waals surface area contributed by atoms with Gasteiger partial charge in [0.2, 0.25) is 15.9 Å². The SMILES string of the molecule is O=C(NCc1cc(-c2ccc(CF)cc2)ncn1)[C@@H]1CCCN1S(=O)(=O)c1cccc(C(F)(F)F)c1. The molecule has 1 N–H and O–H groups in total. The van der Waals surface area contributed by atoms with Crippen LogP contribution in [0.15, 0.2) is 65.8 Å². The second-order valence-corrected chi connectivity index (χ2v) is 10.1. The number of nitrogens with zero attached hydrogens (tertiary/aromatic N) is 3. The molecule has 12 heteroatoms. The van der Waals surface area contributed by atoms with Crippen LogP contribution in [0.1, 0.15) is 29.7 Å². The Hall–Kier alpha value is -3.38. The van der Waals surface area contributed by atoms with Gasteiger partial charge in [0, 0.05) is 12.1 Å². The van der Waals surface area contributed by atoms with Crippen molar-refractivity contribution in [1.29, 1.82) is 0 Å².